The van der Waals surface area contributed by atoms with Crippen LogP contribution in [0.3, 0.4) is 0 Å². The van der Waals surface area contributed by atoms with E-state index in [1.54, 1.807) is 0 Å². The van der Waals surface area contributed by atoms with E-state index >= 15 is 0 Å². The molecule has 3 N–H and O–H groups in total. The molecule has 13 heteroatoms. The number of benzene rings is 2. The van der Waals surface area contributed by atoms with Gasteiger partial charge < -0.3 is 15.8 Å². The van der Waals surface area contributed by atoms with Gasteiger partial charge in [0.15, 0.2) is 0 Å². The van der Waals surface area contributed by atoms with E-state index in [-0.39, 0.29) is 23.7 Å². The van der Waals surface area contributed by atoms with Gasteiger partial charge in [-0.25, -0.2) is 0 Å². The molecule has 0 spiro atoms. The lowest BCUT2D eigenvalue weighted by Crippen LogP contribution is -2.28. The molecular weight excluding hydrogens is 560 g/mol. The summed E-state index contributed by atoms with van der Waals surface area (Å²) in [6.07, 6.45) is 9.02. The molecule has 0 saturated heterocycles. The normalized spacial score (nSPS) is 13.8. The Morgan fingerprint density at radius 1 is 0.725 bits per heavy atom. The molecule has 11 nitrogen and oxygen atoms in total. The largest absolute Gasteiger partial charge is 0.469 e. The number of nitrogens with one attached hydrogen (secondary N) is 1. The van der Waals surface area contributed by atoms with Crippen LogP contribution < -0.4 is 11.1 Å². The second-order valence-electron chi connectivity index (χ2n) is 8.79. The quantitative estimate of drug-likeness (QED) is 0.485. The first-order valence-corrected chi connectivity index (χ1v) is 14.8. The average molecular weight is 599 g/mol. The molecule has 2 aliphatic rings. The molecule has 4 rings (SSSR count). The van der Waals surface area contributed by atoms with Crippen LogP contribution >= 0.6 is 0 Å². The lowest BCUT2D eigenvalue weighted by Gasteiger charge is -2.09. The molecule has 2 saturated carbocycles. The van der Waals surface area contributed by atoms with E-state index < -0.39 is 21.2 Å². The maximum Gasteiger partial charge on any atom is 0.425 e. The molecule has 2 aromatic carbocycles. The zero-order valence-corrected chi connectivity index (χ0v) is 24.2. The molecule has 222 valence electrons. The van der Waals surface area contributed by atoms with Gasteiger partial charge in [-0.2, -0.15) is 0 Å². The third-order valence-electron chi connectivity index (χ3n) is 6.00. The fourth-order valence-electron chi connectivity index (χ4n) is 4.06. The summed E-state index contributed by atoms with van der Waals surface area (Å²) in [5, 5.41) is 3.00. The Balaban J connectivity index is 0.000000525. The molecule has 40 heavy (non-hydrogen) atoms. The molecule has 0 bridgehead atoms. The highest BCUT2D eigenvalue weighted by Crippen LogP contribution is 2.25. The van der Waals surface area contributed by atoms with Gasteiger partial charge in [0, 0.05) is 19.0 Å². The summed E-state index contributed by atoms with van der Waals surface area (Å²) in [5.74, 6) is 0.701. The maximum atomic E-state index is 11.7. The molecule has 2 aromatic rings. The molecule has 0 radical (unpaired) electrons. The first-order chi connectivity index (χ1) is 19.1. The summed E-state index contributed by atoms with van der Waals surface area (Å²) in [6, 6.07) is 20.0. The van der Waals surface area contributed by atoms with Crippen LogP contribution in [0.5, 0.6) is 0 Å². The Labute approximate surface area is 238 Å². The Kier molecular flexibility index (Phi) is 21.5. The van der Waals surface area contributed by atoms with Crippen molar-refractivity contribution in [2.75, 3.05) is 7.11 Å². The van der Waals surface area contributed by atoms with E-state index in [4.69, 9.17) is 31.0 Å². The van der Waals surface area contributed by atoms with Crippen molar-refractivity contribution in [2.24, 2.45) is 17.6 Å². The first-order valence-electron chi connectivity index (χ1n) is 12.8. The van der Waals surface area contributed by atoms with E-state index in [0.29, 0.717) is 13.1 Å². The Morgan fingerprint density at radius 2 is 1.10 bits per heavy atom. The fourth-order valence-corrected chi connectivity index (χ4v) is 4.06. The molecule has 2 aliphatic carbocycles. The third-order valence-corrected chi connectivity index (χ3v) is 6.00. The number of rotatable bonds is 5. The van der Waals surface area contributed by atoms with Crippen LogP contribution in [0.2, 0.25) is 0 Å². The van der Waals surface area contributed by atoms with Crippen LogP contribution in [0.15, 0.2) is 60.7 Å². The zero-order valence-electron chi connectivity index (χ0n) is 22.6. The summed E-state index contributed by atoms with van der Waals surface area (Å²) >= 11 is 0. The Bertz CT molecular complexity index is 1140. The molecule has 0 unspecified atom stereocenters. The fraction of sp³-hybridized carbons (Fsp3) is 0.481. The number of carbonyl (C=O) groups is 2. The minimum Gasteiger partial charge on any atom is -0.469 e. The number of hydrogen-bond acceptors (Lipinski definition) is 10. The summed E-state index contributed by atoms with van der Waals surface area (Å²) in [7, 11) is -4.76. The van der Waals surface area contributed by atoms with Gasteiger partial charge in [-0.15, -0.1) is 25.3 Å². The SMILES string of the molecule is COC(=O)C1CCCC1.NCc1ccccc1.O=C(NCc1ccccc1)C1CCCC1.O=S(=O)=O.O=S(=O)=O. The molecule has 0 aliphatic heterocycles. The van der Waals surface area contributed by atoms with Crippen LogP contribution in [0, 0.1) is 11.8 Å². The summed E-state index contributed by atoms with van der Waals surface area (Å²) in [5.41, 5.74) is 7.71. The Hall–Kier alpha value is -3.42. The van der Waals surface area contributed by atoms with Crippen molar-refractivity contribution in [2.45, 2.75) is 64.5 Å². The minimum absolute atomic E-state index is 0.0208. The molecule has 2 fully saturated rings. The highest BCUT2D eigenvalue weighted by Gasteiger charge is 2.23. The van der Waals surface area contributed by atoms with Gasteiger partial charge in [-0.3, -0.25) is 9.59 Å². The van der Waals surface area contributed by atoms with Crippen LogP contribution in [-0.2, 0) is 48.6 Å². The average Bonchev–Trinajstić information content (AvgIpc) is 3.68. The highest BCUT2D eigenvalue weighted by molar-refractivity contribution is 7.59. The molecule has 0 aromatic heterocycles. The number of ether oxygens (including phenoxy) is 1. The number of hydrogen-bond donors (Lipinski definition) is 2. The van der Waals surface area contributed by atoms with Crippen LogP contribution in [0.4, 0.5) is 0 Å². The predicted molar refractivity (Wildman–Crippen MR) is 148 cm³/mol. The molecule has 0 heterocycles. The van der Waals surface area contributed by atoms with Gasteiger partial charge >= 0.3 is 27.2 Å². The van der Waals surface area contributed by atoms with Crippen molar-refractivity contribution in [3.8, 4) is 0 Å². The molecule has 1 amide bonds. The lowest BCUT2D eigenvalue weighted by molar-refractivity contribution is -0.145. The van der Waals surface area contributed by atoms with Crippen LogP contribution in [0.1, 0.15) is 62.5 Å². The minimum atomic E-state index is -3.11. The maximum absolute atomic E-state index is 11.7. The molecule has 0 atom stereocenters. The van der Waals surface area contributed by atoms with Crippen molar-refractivity contribution in [1.82, 2.24) is 5.32 Å². The van der Waals surface area contributed by atoms with E-state index in [1.807, 2.05) is 60.7 Å². The van der Waals surface area contributed by atoms with Gasteiger partial charge in [-0.05, 0) is 36.8 Å². The van der Waals surface area contributed by atoms with Gasteiger partial charge in [0.25, 0.3) is 0 Å². The topological polar surface area (TPSA) is 184 Å². The van der Waals surface area contributed by atoms with Gasteiger partial charge in [0.2, 0.25) is 5.91 Å². The van der Waals surface area contributed by atoms with Gasteiger partial charge in [0.05, 0.1) is 13.0 Å². The highest BCUT2D eigenvalue weighted by atomic mass is 32.2. The van der Waals surface area contributed by atoms with Gasteiger partial charge in [0.1, 0.15) is 0 Å². The van der Waals surface area contributed by atoms with Crippen molar-refractivity contribution < 1.29 is 39.6 Å². The van der Waals surface area contributed by atoms with E-state index in [1.165, 1.54) is 43.9 Å². The third kappa shape index (κ3) is 20.5. The van der Waals surface area contributed by atoms with E-state index in [0.717, 1.165) is 25.7 Å². The first kappa shape index (κ1) is 36.6. The second kappa shape index (κ2) is 23.5. The number of nitrogens with two attached hydrogens (primary N) is 1. The standard InChI is InChI=1S/C13H17NO.C7H9N.C7H12O2.2O3S/c15-13(12-8-4-5-9-12)14-10-11-6-2-1-3-7-11;8-6-7-4-2-1-3-5-7;1-9-7(8)6-4-2-3-5-6;2*1-4(2)3/h1-3,6-7,12H,4-5,8-10H2,(H,14,15);1-5H,6,8H2;6H,2-5H2,1H3;;. The van der Waals surface area contributed by atoms with Gasteiger partial charge in [-0.1, -0.05) is 86.3 Å². The number of amides is 1. The van der Waals surface area contributed by atoms with Crippen molar-refractivity contribution in [3.05, 3.63) is 71.8 Å². The van der Waals surface area contributed by atoms with Crippen LogP contribution in [0.25, 0.3) is 0 Å². The zero-order chi connectivity index (χ0) is 30.2. The predicted octanol–water partition coefficient (Wildman–Crippen LogP) is 2.98. The van der Waals surface area contributed by atoms with E-state index in [9.17, 15) is 9.59 Å². The lowest BCUT2D eigenvalue weighted by atomic mass is 10.1. The summed E-state index contributed by atoms with van der Waals surface area (Å²) < 4.78 is 55.3. The van der Waals surface area contributed by atoms with E-state index in [2.05, 4.69) is 10.1 Å². The molecular formula is C27H38N2O9S2. The Morgan fingerprint density at radius 3 is 1.45 bits per heavy atom. The smallest absolute Gasteiger partial charge is 0.425 e. The number of carbonyl (C=O) groups excluding carboxylic acids is 2. The number of esters is 1. The van der Waals surface area contributed by atoms with Crippen molar-refractivity contribution in [3.63, 3.8) is 0 Å². The monoisotopic (exact) mass is 598 g/mol. The summed E-state index contributed by atoms with van der Waals surface area (Å²) in [4.78, 5) is 22.5. The van der Waals surface area contributed by atoms with Crippen molar-refractivity contribution >= 4 is 33.1 Å². The van der Waals surface area contributed by atoms with Crippen LogP contribution in [-0.4, -0.2) is 44.2 Å². The number of methoxy groups -OCH3 is 1. The van der Waals surface area contributed by atoms with Crippen molar-refractivity contribution in [1.29, 1.82) is 0 Å². The second-order valence-corrected chi connectivity index (χ2v) is 9.60. The summed E-state index contributed by atoms with van der Waals surface area (Å²) in [6.45, 7) is 1.30.